The minimum Gasteiger partial charge on any atom is -0.448 e. The molecule has 19 heavy (non-hydrogen) atoms. The second-order valence-electron chi connectivity index (χ2n) is 3.73. The average molecular weight is 270 g/mol. The molecule has 0 N–H and O–H groups in total. The molecule has 7 nitrogen and oxygen atoms in total. The van der Waals surface area contributed by atoms with Gasteiger partial charge < -0.3 is 9.47 Å². The minimum atomic E-state index is -0.886. The molecule has 0 aliphatic carbocycles. The van der Waals surface area contributed by atoms with Gasteiger partial charge in [-0.3, -0.25) is 4.79 Å². The van der Waals surface area contributed by atoms with Crippen LogP contribution in [0.5, 0.6) is 0 Å². The van der Waals surface area contributed by atoms with E-state index in [1.54, 1.807) is 19.9 Å². The first-order valence-electron chi connectivity index (χ1n) is 6.21. The molecule has 106 valence electrons. The summed E-state index contributed by atoms with van der Waals surface area (Å²) in [6.45, 7) is 5.36. The van der Waals surface area contributed by atoms with Crippen LogP contribution in [0.3, 0.4) is 0 Å². The van der Waals surface area contributed by atoms with Gasteiger partial charge in [-0.15, -0.1) is 5.01 Å². The first-order chi connectivity index (χ1) is 9.06. The average Bonchev–Trinajstić information content (AvgIpc) is 2.38. The Hall–Kier alpha value is -2.05. The second kappa shape index (κ2) is 6.77. The lowest BCUT2D eigenvalue weighted by molar-refractivity contribution is -0.140. The van der Waals surface area contributed by atoms with E-state index < -0.39 is 24.1 Å². The largest absolute Gasteiger partial charge is 0.448 e. The predicted octanol–water partition coefficient (Wildman–Crippen LogP) is 1.69. The van der Waals surface area contributed by atoms with Gasteiger partial charge in [0.05, 0.1) is 19.3 Å². The minimum absolute atomic E-state index is 0.111. The Morgan fingerprint density at radius 1 is 1.16 bits per heavy atom. The van der Waals surface area contributed by atoms with Crippen molar-refractivity contribution >= 4 is 18.1 Å². The van der Waals surface area contributed by atoms with E-state index in [1.165, 1.54) is 6.08 Å². The maximum atomic E-state index is 11.9. The van der Waals surface area contributed by atoms with Crippen molar-refractivity contribution in [3.63, 3.8) is 0 Å². The Labute approximate surface area is 111 Å². The lowest BCUT2D eigenvalue weighted by Crippen LogP contribution is -2.58. The molecule has 7 heteroatoms. The van der Waals surface area contributed by atoms with Gasteiger partial charge in [0.15, 0.2) is 0 Å². The first-order valence-corrected chi connectivity index (χ1v) is 6.21. The zero-order chi connectivity index (χ0) is 14.4. The summed E-state index contributed by atoms with van der Waals surface area (Å²) in [5.41, 5.74) is 0. The fraction of sp³-hybridized carbons (Fsp3) is 0.583. The molecule has 0 fully saturated rings. The van der Waals surface area contributed by atoms with Gasteiger partial charge in [-0.25, -0.2) is 9.59 Å². The molecule has 0 saturated heterocycles. The SMILES string of the molecule is CCOC(=O)N1C(=O)C=C[C@H](CC)N1C(=O)OCC. The smallest absolute Gasteiger partial charge is 0.436 e. The molecule has 0 bridgehead atoms. The van der Waals surface area contributed by atoms with Crippen LogP contribution in [-0.4, -0.2) is 47.4 Å². The first kappa shape index (κ1) is 15.0. The van der Waals surface area contributed by atoms with Crippen LogP contribution in [-0.2, 0) is 14.3 Å². The Morgan fingerprint density at radius 3 is 2.26 bits per heavy atom. The van der Waals surface area contributed by atoms with Crippen LogP contribution in [0.4, 0.5) is 9.59 Å². The Kier molecular flexibility index (Phi) is 5.35. The molecule has 1 aliphatic rings. The van der Waals surface area contributed by atoms with E-state index in [0.29, 0.717) is 11.4 Å². The summed E-state index contributed by atoms with van der Waals surface area (Å²) in [4.78, 5) is 35.5. The van der Waals surface area contributed by atoms with Crippen LogP contribution >= 0.6 is 0 Å². The molecule has 1 atom stereocenters. The molecule has 1 aliphatic heterocycles. The molecule has 0 unspecified atom stereocenters. The van der Waals surface area contributed by atoms with E-state index in [1.807, 2.05) is 6.92 Å². The fourth-order valence-corrected chi connectivity index (χ4v) is 1.68. The Bertz CT molecular complexity index is 394. The summed E-state index contributed by atoms with van der Waals surface area (Å²) in [6.07, 6.45) is 1.72. The van der Waals surface area contributed by atoms with Crippen molar-refractivity contribution in [1.82, 2.24) is 10.0 Å². The van der Waals surface area contributed by atoms with Crippen molar-refractivity contribution in [3.8, 4) is 0 Å². The Morgan fingerprint density at radius 2 is 1.74 bits per heavy atom. The third-order valence-electron chi connectivity index (χ3n) is 2.51. The van der Waals surface area contributed by atoms with Crippen LogP contribution in [0.15, 0.2) is 12.2 Å². The highest BCUT2D eigenvalue weighted by atomic mass is 16.6. The third-order valence-corrected chi connectivity index (χ3v) is 2.51. The van der Waals surface area contributed by atoms with E-state index in [2.05, 4.69) is 0 Å². The Balaban J connectivity index is 3.05. The van der Waals surface area contributed by atoms with Crippen LogP contribution < -0.4 is 0 Å². The van der Waals surface area contributed by atoms with Crippen molar-refractivity contribution in [2.75, 3.05) is 13.2 Å². The highest BCUT2D eigenvalue weighted by molar-refractivity contribution is 6.00. The molecular weight excluding hydrogens is 252 g/mol. The highest BCUT2D eigenvalue weighted by Gasteiger charge is 2.39. The van der Waals surface area contributed by atoms with Gasteiger partial charge in [0.1, 0.15) is 0 Å². The monoisotopic (exact) mass is 270 g/mol. The number of carbonyl (C=O) groups excluding carboxylic acids is 3. The van der Waals surface area contributed by atoms with Crippen molar-refractivity contribution in [3.05, 3.63) is 12.2 Å². The van der Waals surface area contributed by atoms with Gasteiger partial charge in [0.25, 0.3) is 5.91 Å². The maximum absolute atomic E-state index is 11.9. The summed E-state index contributed by atoms with van der Waals surface area (Å²) >= 11 is 0. The maximum Gasteiger partial charge on any atom is 0.436 e. The highest BCUT2D eigenvalue weighted by Crippen LogP contribution is 2.18. The van der Waals surface area contributed by atoms with Gasteiger partial charge in [0.2, 0.25) is 0 Å². The second-order valence-corrected chi connectivity index (χ2v) is 3.73. The summed E-state index contributed by atoms with van der Waals surface area (Å²) in [5, 5.41) is 1.67. The number of hydrazine groups is 1. The number of carbonyl (C=O) groups is 3. The van der Waals surface area contributed by atoms with E-state index in [-0.39, 0.29) is 13.2 Å². The summed E-state index contributed by atoms with van der Waals surface area (Å²) in [5.74, 6) is -0.629. The number of hydrogen-bond acceptors (Lipinski definition) is 5. The van der Waals surface area contributed by atoms with Gasteiger partial charge in [-0.05, 0) is 20.3 Å². The summed E-state index contributed by atoms with van der Waals surface area (Å²) < 4.78 is 9.66. The molecule has 3 amide bonds. The van der Waals surface area contributed by atoms with Crippen LogP contribution in [0.2, 0.25) is 0 Å². The molecule has 0 aromatic carbocycles. The zero-order valence-electron chi connectivity index (χ0n) is 11.3. The van der Waals surface area contributed by atoms with Gasteiger partial charge in [-0.1, -0.05) is 13.0 Å². The third kappa shape index (κ3) is 3.24. The van der Waals surface area contributed by atoms with E-state index in [4.69, 9.17) is 9.47 Å². The van der Waals surface area contributed by atoms with Crippen LogP contribution in [0.1, 0.15) is 27.2 Å². The lowest BCUT2D eigenvalue weighted by Gasteiger charge is -2.37. The van der Waals surface area contributed by atoms with Crippen molar-refractivity contribution in [2.45, 2.75) is 33.2 Å². The number of amides is 3. The van der Waals surface area contributed by atoms with Crippen molar-refractivity contribution < 1.29 is 23.9 Å². The van der Waals surface area contributed by atoms with E-state index >= 15 is 0 Å². The molecule has 0 spiro atoms. The number of rotatable bonds is 3. The van der Waals surface area contributed by atoms with E-state index in [0.717, 1.165) is 5.01 Å². The topological polar surface area (TPSA) is 76.2 Å². The van der Waals surface area contributed by atoms with Crippen molar-refractivity contribution in [2.24, 2.45) is 0 Å². The molecule has 1 rings (SSSR count). The van der Waals surface area contributed by atoms with Crippen LogP contribution in [0.25, 0.3) is 0 Å². The predicted molar refractivity (Wildman–Crippen MR) is 65.9 cm³/mol. The molecule has 0 aromatic rings. The number of nitrogens with zero attached hydrogens (tertiary/aromatic N) is 2. The quantitative estimate of drug-likeness (QED) is 0.780. The normalized spacial score (nSPS) is 18.5. The van der Waals surface area contributed by atoms with Crippen molar-refractivity contribution in [1.29, 1.82) is 0 Å². The molecule has 0 radical (unpaired) electrons. The fourth-order valence-electron chi connectivity index (χ4n) is 1.68. The molecule has 0 saturated carbocycles. The van der Waals surface area contributed by atoms with Gasteiger partial charge in [-0.2, -0.15) is 5.01 Å². The zero-order valence-corrected chi connectivity index (χ0v) is 11.3. The molecular formula is C12H18N2O5. The summed E-state index contributed by atoms with van der Waals surface area (Å²) in [7, 11) is 0. The molecule has 0 aromatic heterocycles. The van der Waals surface area contributed by atoms with Crippen LogP contribution in [0, 0.1) is 0 Å². The number of imide groups is 1. The standard InChI is InChI=1S/C12H18N2O5/c1-4-9-7-8-10(15)14(12(17)19-6-3)13(9)11(16)18-5-2/h7-9H,4-6H2,1-3H3/t9-/m0/s1. The number of ether oxygens (including phenoxy) is 2. The number of hydrogen-bond donors (Lipinski definition) is 0. The lowest BCUT2D eigenvalue weighted by atomic mass is 10.1. The van der Waals surface area contributed by atoms with E-state index in [9.17, 15) is 14.4 Å². The molecule has 1 heterocycles. The summed E-state index contributed by atoms with van der Waals surface area (Å²) in [6, 6.07) is -0.416. The van der Waals surface area contributed by atoms with Gasteiger partial charge >= 0.3 is 12.2 Å². The van der Waals surface area contributed by atoms with Gasteiger partial charge in [0, 0.05) is 6.08 Å².